The van der Waals surface area contributed by atoms with Crippen LogP contribution in [0.3, 0.4) is 0 Å². The second-order valence-corrected chi connectivity index (χ2v) is 6.28. The highest BCUT2D eigenvalue weighted by molar-refractivity contribution is 5.94. The number of carbonyl (C=O) groups is 1. The van der Waals surface area contributed by atoms with Gasteiger partial charge in [-0.1, -0.05) is 12.1 Å². The minimum Gasteiger partial charge on any atom is -0.497 e. The third-order valence-electron chi connectivity index (χ3n) is 4.74. The number of piperazine rings is 1. The molecule has 0 bridgehead atoms. The molecule has 1 aliphatic heterocycles. The summed E-state index contributed by atoms with van der Waals surface area (Å²) in [6.07, 6.45) is 0. The van der Waals surface area contributed by atoms with E-state index in [2.05, 4.69) is 17.9 Å². The Morgan fingerprint density at radius 2 is 1.71 bits per heavy atom. The molecule has 3 rings (SSSR count). The number of hydrogen-bond donors (Lipinski definition) is 0. The molecule has 126 valence electrons. The fraction of sp³-hybridized carbons (Fsp3) is 0.350. The highest BCUT2D eigenvalue weighted by atomic mass is 16.5. The van der Waals surface area contributed by atoms with E-state index in [1.165, 1.54) is 5.56 Å². The third kappa shape index (κ3) is 3.37. The number of nitrogens with zero attached hydrogens (tertiary/aromatic N) is 2. The van der Waals surface area contributed by atoms with Gasteiger partial charge in [0, 0.05) is 43.5 Å². The van der Waals surface area contributed by atoms with Gasteiger partial charge in [-0.25, -0.2) is 0 Å². The van der Waals surface area contributed by atoms with Crippen molar-refractivity contribution in [1.82, 2.24) is 4.90 Å². The van der Waals surface area contributed by atoms with Crippen molar-refractivity contribution in [2.45, 2.75) is 13.8 Å². The molecule has 1 heterocycles. The van der Waals surface area contributed by atoms with Gasteiger partial charge in [0.05, 0.1) is 7.11 Å². The second-order valence-electron chi connectivity index (χ2n) is 6.28. The minimum atomic E-state index is 0.128. The molecule has 24 heavy (non-hydrogen) atoms. The first-order valence-corrected chi connectivity index (χ1v) is 8.34. The van der Waals surface area contributed by atoms with Crippen LogP contribution >= 0.6 is 0 Å². The van der Waals surface area contributed by atoms with Crippen LogP contribution in [0, 0.1) is 13.8 Å². The fourth-order valence-electron chi connectivity index (χ4n) is 3.03. The van der Waals surface area contributed by atoms with E-state index >= 15 is 0 Å². The minimum absolute atomic E-state index is 0.128. The van der Waals surface area contributed by atoms with Gasteiger partial charge in [-0.2, -0.15) is 0 Å². The Balaban J connectivity index is 1.65. The molecule has 4 heteroatoms. The van der Waals surface area contributed by atoms with E-state index in [0.717, 1.165) is 48.7 Å². The molecule has 0 aromatic heterocycles. The van der Waals surface area contributed by atoms with Gasteiger partial charge in [-0.3, -0.25) is 4.79 Å². The SMILES string of the molecule is COc1cccc(N2CCN(C(=O)c3ccc(C)c(C)c3)CC2)c1. The molecule has 0 atom stereocenters. The first-order chi connectivity index (χ1) is 11.6. The molecule has 0 N–H and O–H groups in total. The van der Waals surface area contributed by atoms with E-state index in [4.69, 9.17) is 4.74 Å². The summed E-state index contributed by atoms with van der Waals surface area (Å²) in [5.74, 6) is 0.990. The van der Waals surface area contributed by atoms with E-state index in [0.29, 0.717) is 0 Å². The first-order valence-electron chi connectivity index (χ1n) is 8.34. The maximum absolute atomic E-state index is 12.7. The van der Waals surface area contributed by atoms with E-state index in [9.17, 15) is 4.79 Å². The van der Waals surface area contributed by atoms with Crippen LogP contribution in [-0.4, -0.2) is 44.1 Å². The molecule has 1 aliphatic rings. The summed E-state index contributed by atoms with van der Waals surface area (Å²) in [5, 5.41) is 0. The molecule has 1 saturated heterocycles. The van der Waals surface area contributed by atoms with Crippen LogP contribution in [0.5, 0.6) is 5.75 Å². The topological polar surface area (TPSA) is 32.8 Å². The summed E-state index contributed by atoms with van der Waals surface area (Å²) >= 11 is 0. The van der Waals surface area contributed by atoms with Gasteiger partial charge in [-0.05, 0) is 49.2 Å². The lowest BCUT2D eigenvalue weighted by Crippen LogP contribution is -2.48. The number of methoxy groups -OCH3 is 1. The van der Waals surface area contributed by atoms with E-state index < -0.39 is 0 Å². The smallest absolute Gasteiger partial charge is 0.253 e. The van der Waals surface area contributed by atoms with Gasteiger partial charge >= 0.3 is 0 Å². The van der Waals surface area contributed by atoms with Crippen molar-refractivity contribution in [2.75, 3.05) is 38.2 Å². The van der Waals surface area contributed by atoms with Gasteiger partial charge < -0.3 is 14.5 Å². The van der Waals surface area contributed by atoms with Crippen molar-refractivity contribution in [3.63, 3.8) is 0 Å². The van der Waals surface area contributed by atoms with Crippen molar-refractivity contribution >= 4 is 11.6 Å². The molecule has 0 aliphatic carbocycles. The van der Waals surface area contributed by atoms with E-state index in [1.54, 1.807) is 7.11 Å². The van der Waals surface area contributed by atoms with Crippen LogP contribution in [0.15, 0.2) is 42.5 Å². The highest BCUT2D eigenvalue weighted by Crippen LogP contribution is 2.22. The molecular weight excluding hydrogens is 300 g/mol. The Morgan fingerprint density at radius 3 is 2.38 bits per heavy atom. The van der Waals surface area contributed by atoms with Gasteiger partial charge in [0.1, 0.15) is 5.75 Å². The zero-order chi connectivity index (χ0) is 17.1. The summed E-state index contributed by atoms with van der Waals surface area (Å²) < 4.78 is 5.29. The Hall–Kier alpha value is -2.49. The molecule has 1 amide bonds. The second kappa shape index (κ2) is 6.95. The highest BCUT2D eigenvalue weighted by Gasteiger charge is 2.22. The van der Waals surface area contributed by atoms with Gasteiger partial charge in [0.25, 0.3) is 5.91 Å². The molecule has 0 radical (unpaired) electrons. The molecule has 0 unspecified atom stereocenters. The molecule has 0 saturated carbocycles. The normalized spacial score (nSPS) is 14.6. The Bertz CT molecular complexity index is 734. The fourth-order valence-corrected chi connectivity index (χ4v) is 3.03. The number of anilines is 1. The Labute approximate surface area is 143 Å². The van der Waals surface area contributed by atoms with Crippen LogP contribution in [0.25, 0.3) is 0 Å². The van der Waals surface area contributed by atoms with Crippen LogP contribution in [0.1, 0.15) is 21.5 Å². The van der Waals surface area contributed by atoms with Crippen LogP contribution < -0.4 is 9.64 Å². The lowest BCUT2D eigenvalue weighted by Gasteiger charge is -2.36. The summed E-state index contributed by atoms with van der Waals surface area (Å²) in [4.78, 5) is 16.9. The number of carbonyl (C=O) groups excluding carboxylic acids is 1. The van der Waals surface area contributed by atoms with Gasteiger partial charge in [-0.15, -0.1) is 0 Å². The van der Waals surface area contributed by atoms with Crippen LogP contribution in [0.4, 0.5) is 5.69 Å². The lowest BCUT2D eigenvalue weighted by atomic mass is 10.1. The van der Waals surface area contributed by atoms with Crippen molar-refractivity contribution < 1.29 is 9.53 Å². The molecular formula is C20H24N2O2. The Kier molecular flexibility index (Phi) is 4.74. The maximum Gasteiger partial charge on any atom is 0.253 e. The standard InChI is InChI=1S/C20H24N2O2/c1-15-7-8-17(13-16(15)2)20(23)22-11-9-21(10-12-22)18-5-4-6-19(14-18)24-3/h4-8,13-14H,9-12H2,1-3H3. The number of ether oxygens (including phenoxy) is 1. The number of amides is 1. The predicted molar refractivity (Wildman–Crippen MR) is 97.0 cm³/mol. The quantitative estimate of drug-likeness (QED) is 0.869. The lowest BCUT2D eigenvalue weighted by molar-refractivity contribution is 0.0746. The van der Waals surface area contributed by atoms with Crippen molar-refractivity contribution in [3.8, 4) is 5.75 Å². The first kappa shape index (κ1) is 16.4. The van der Waals surface area contributed by atoms with E-state index in [1.807, 2.05) is 48.2 Å². The molecule has 4 nitrogen and oxygen atoms in total. The summed E-state index contributed by atoms with van der Waals surface area (Å²) in [5.41, 5.74) is 4.31. The zero-order valence-electron chi connectivity index (χ0n) is 14.6. The van der Waals surface area contributed by atoms with Gasteiger partial charge in [0.2, 0.25) is 0 Å². The zero-order valence-corrected chi connectivity index (χ0v) is 14.6. The van der Waals surface area contributed by atoms with Crippen molar-refractivity contribution in [1.29, 1.82) is 0 Å². The number of rotatable bonds is 3. The summed E-state index contributed by atoms with van der Waals surface area (Å²) in [7, 11) is 1.68. The van der Waals surface area contributed by atoms with E-state index in [-0.39, 0.29) is 5.91 Å². The van der Waals surface area contributed by atoms with Gasteiger partial charge in [0.15, 0.2) is 0 Å². The monoisotopic (exact) mass is 324 g/mol. The molecule has 1 fully saturated rings. The number of benzene rings is 2. The third-order valence-corrected chi connectivity index (χ3v) is 4.74. The molecule has 2 aromatic carbocycles. The van der Waals surface area contributed by atoms with Crippen molar-refractivity contribution in [3.05, 3.63) is 59.2 Å². The average Bonchev–Trinajstić information content (AvgIpc) is 2.63. The summed E-state index contributed by atoms with van der Waals surface area (Å²) in [6, 6.07) is 14.0. The molecule has 0 spiro atoms. The Morgan fingerprint density at radius 1 is 0.958 bits per heavy atom. The number of hydrogen-bond acceptors (Lipinski definition) is 3. The predicted octanol–water partition coefficient (Wildman–Crippen LogP) is 3.27. The summed E-state index contributed by atoms with van der Waals surface area (Å²) in [6.45, 7) is 7.27. The van der Waals surface area contributed by atoms with Crippen LogP contribution in [-0.2, 0) is 0 Å². The molecule has 2 aromatic rings. The largest absolute Gasteiger partial charge is 0.497 e. The average molecular weight is 324 g/mol. The maximum atomic E-state index is 12.7. The van der Waals surface area contributed by atoms with Crippen LogP contribution in [0.2, 0.25) is 0 Å². The number of aryl methyl sites for hydroxylation is 2. The van der Waals surface area contributed by atoms with Crippen molar-refractivity contribution in [2.24, 2.45) is 0 Å².